The first-order valence-corrected chi connectivity index (χ1v) is 18.3. The molecule has 3 aromatic carbocycles. The minimum Gasteiger partial charge on any atom is -0.491 e. The molecule has 2 aliphatic heterocycles. The molecule has 2 fully saturated rings. The quantitative estimate of drug-likeness (QED) is 0.163. The van der Waals surface area contributed by atoms with E-state index < -0.39 is 0 Å². The molecule has 2 saturated heterocycles. The number of amides is 2. The van der Waals surface area contributed by atoms with Crippen LogP contribution in [-0.2, 0) is 29.2 Å². The van der Waals surface area contributed by atoms with E-state index >= 15 is 0 Å². The van der Waals surface area contributed by atoms with Crippen LogP contribution in [-0.4, -0.2) is 54.5 Å². The van der Waals surface area contributed by atoms with Gasteiger partial charge in [0.1, 0.15) is 36.0 Å². The number of rotatable bonds is 12. The smallest absolute Gasteiger partial charge is 0.228 e. The molecule has 1 aliphatic carbocycles. The van der Waals surface area contributed by atoms with Crippen molar-refractivity contribution in [3.8, 4) is 34.4 Å². The molecule has 52 heavy (non-hydrogen) atoms. The van der Waals surface area contributed by atoms with Gasteiger partial charge in [-0.05, 0) is 60.6 Å². The van der Waals surface area contributed by atoms with Crippen molar-refractivity contribution in [2.45, 2.75) is 57.4 Å². The number of nitrogens with zero attached hydrogens (tertiary/aromatic N) is 3. The molecule has 3 aliphatic rings. The van der Waals surface area contributed by atoms with Crippen LogP contribution in [0.25, 0.3) is 11.1 Å². The van der Waals surface area contributed by atoms with Crippen LogP contribution in [0, 0.1) is 17.2 Å². The van der Waals surface area contributed by atoms with E-state index in [9.17, 15) is 14.9 Å². The summed E-state index contributed by atoms with van der Waals surface area (Å²) in [7, 11) is 1.81. The van der Waals surface area contributed by atoms with Gasteiger partial charge in [0.15, 0.2) is 0 Å². The van der Waals surface area contributed by atoms with Crippen molar-refractivity contribution in [3.63, 3.8) is 0 Å². The highest BCUT2D eigenvalue weighted by Gasteiger charge is 2.31. The number of benzene rings is 3. The van der Waals surface area contributed by atoms with Crippen LogP contribution in [0.3, 0.4) is 0 Å². The zero-order valence-electron chi connectivity index (χ0n) is 28.8. The largest absolute Gasteiger partial charge is 0.491 e. The molecule has 2 amide bonds. The monoisotopic (exact) mass is 739 g/mol. The summed E-state index contributed by atoms with van der Waals surface area (Å²) in [5, 5.41) is 16.7. The van der Waals surface area contributed by atoms with Crippen LogP contribution < -0.4 is 24.8 Å². The number of aromatic nitrogens is 1. The van der Waals surface area contributed by atoms with Gasteiger partial charge >= 0.3 is 0 Å². The van der Waals surface area contributed by atoms with Crippen molar-refractivity contribution in [1.82, 2.24) is 20.5 Å². The minimum absolute atomic E-state index is 0.0627. The molecule has 0 radical (unpaired) electrons. The Labute approximate surface area is 313 Å². The predicted octanol–water partition coefficient (Wildman–Crippen LogP) is 6.80. The molecule has 7 rings (SSSR count). The van der Waals surface area contributed by atoms with Gasteiger partial charge in [-0.25, -0.2) is 0 Å². The number of nitriles is 1. The van der Waals surface area contributed by atoms with E-state index in [0.717, 1.165) is 65.6 Å². The van der Waals surface area contributed by atoms with Crippen molar-refractivity contribution in [2.24, 2.45) is 5.92 Å². The Kier molecular flexibility index (Phi) is 10.8. The number of nitrogens with one attached hydrogen (secondary N) is 2. The second-order valence-corrected chi connectivity index (χ2v) is 14.3. The summed E-state index contributed by atoms with van der Waals surface area (Å²) in [5.74, 6) is 1.64. The van der Waals surface area contributed by atoms with Crippen molar-refractivity contribution in [2.75, 3.05) is 26.7 Å². The third kappa shape index (κ3) is 7.82. The summed E-state index contributed by atoms with van der Waals surface area (Å²) in [6.07, 6.45) is 6.45. The molecule has 2 N–H and O–H groups in total. The normalized spacial score (nSPS) is 19.6. The van der Waals surface area contributed by atoms with Crippen molar-refractivity contribution in [1.29, 1.82) is 5.26 Å². The van der Waals surface area contributed by atoms with E-state index in [4.69, 9.17) is 37.4 Å². The van der Waals surface area contributed by atoms with E-state index in [0.29, 0.717) is 59.0 Å². The van der Waals surface area contributed by atoms with E-state index in [1.54, 1.807) is 17.2 Å². The van der Waals surface area contributed by atoms with Crippen LogP contribution >= 0.6 is 23.2 Å². The summed E-state index contributed by atoms with van der Waals surface area (Å²) in [4.78, 5) is 30.0. The average molecular weight is 741 g/mol. The van der Waals surface area contributed by atoms with Crippen LogP contribution in [0.5, 0.6) is 17.2 Å². The van der Waals surface area contributed by atoms with E-state index in [1.807, 2.05) is 43.4 Å². The SMILES string of the molecule is CN1CCC(COc2cccc(-c3cccc4c3CC[C@@H]4Oc3cc(OCc4cncc(C#N)c4)c(CN[C@H]4CCC(=O)NC4)cc3Cl)c2Cl)C1=O. The Hall–Kier alpha value is -4.82. The third-order valence-electron chi connectivity index (χ3n) is 10.00. The molecule has 4 aromatic rings. The molecule has 3 heterocycles. The second-order valence-electron chi connectivity index (χ2n) is 13.5. The summed E-state index contributed by atoms with van der Waals surface area (Å²) in [6, 6.07) is 19.6. The van der Waals surface area contributed by atoms with Gasteiger partial charge in [0.05, 0.1) is 28.1 Å². The standard InChI is InChI=1S/C40H39Cl2N5O5/c1-47-13-12-26(40(47)49)23-51-35-7-3-6-32(39(35)42)29-4-2-5-31-30(29)9-10-34(31)52-37-16-36(50-22-25-14-24(17-43)18-44-19-25)27(15-33(37)41)20-45-28-8-11-38(48)46-21-28/h2-7,14-16,18-19,26,28,34,45H,8-13,20-23H2,1H3,(H,46,48)/t26?,28-,34-/m0/s1. The molecule has 10 nitrogen and oxygen atoms in total. The zero-order valence-corrected chi connectivity index (χ0v) is 30.3. The summed E-state index contributed by atoms with van der Waals surface area (Å²) in [6.45, 7) is 2.25. The number of likely N-dealkylation sites (tertiary alicyclic amines) is 1. The summed E-state index contributed by atoms with van der Waals surface area (Å²) >= 11 is 13.9. The molecule has 0 bridgehead atoms. The molecule has 1 aromatic heterocycles. The third-order valence-corrected chi connectivity index (χ3v) is 10.7. The highest BCUT2D eigenvalue weighted by atomic mass is 35.5. The maximum Gasteiger partial charge on any atom is 0.228 e. The fourth-order valence-electron chi connectivity index (χ4n) is 7.10. The molecule has 0 spiro atoms. The van der Waals surface area contributed by atoms with Crippen molar-refractivity contribution < 1.29 is 23.8 Å². The van der Waals surface area contributed by atoms with E-state index in [-0.39, 0.29) is 36.5 Å². The highest BCUT2D eigenvalue weighted by molar-refractivity contribution is 6.35. The Morgan fingerprint density at radius 1 is 0.981 bits per heavy atom. The van der Waals surface area contributed by atoms with E-state index in [2.05, 4.69) is 33.8 Å². The fraction of sp³-hybridized carbons (Fsp3) is 0.350. The zero-order chi connectivity index (χ0) is 36.2. The van der Waals surface area contributed by atoms with Crippen molar-refractivity contribution >= 4 is 35.0 Å². The fourth-order valence-corrected chi connectivity index (χ4v) is 7.62. The van der Waals surface area contributed by atoms with Gasteiger partial charge in [-0.1, -0.05) is 53.5 Å². The number of carbonyl (C=O) groups excluding carboxylic acids is 2. The lowest BCUT2D eigenvalue weighted by Crippen LogP contribution is -2.45. The highest BCUT2D eigenvalue weighted by Crippen LogP contribution is 2.45. The molecule has 1 unspecified atom stereocenters. The number of hydrogen-bond donors (Lipinski definition) is 2. The van der Waals surface area contributed by atoms with Crippen LogP contribution in [0.15, 0.2) is 67.0 Å². The first-order chi connectivity index (χ1) is 25.3. The average Bonchev–Trinajstić information content (AvgIpc) is 3.72. The van der Waals surface area contributed by atoms with Gasteiger partial charge in [0.25, 0.3) is 0 Å². The molecule has 0 saturated carbocycles. The van der Waals surface area contributed by atoms with Gasteiger partial charge in [-0.15, -0.1) is 0 Å². The number of fused-ring (bicyclic) bond motifs is 1. The lowest BCUT2D eigenvalue weighted by atomic mass is 9.96. The summed E-state index contributed by atoms with van der Waals surface area (Å²) < 4.78 is 19.1. The topological polar surface area (TPSA) is 126 Å². The summed E-state index contributed by atoms with van der Waals surface area (Å²) in [5.41, 5.74) is 6.14. The molecule has 268 valence electrons. The Bertz CT molecular complexity index is 2020. The van der Waals surface area contributed by atoms with Gasteiger partial charge in [0, 0.05) is 74.3 Å². The van der Waals surface area contributed by atoms with E-state index in [1.165, 1.54) is 6.20 Å². The van der Waals surface area contributed by atoms with Gasteiger partial charge in [-0.2, -0.15) is 5.26 Å². The number of pyridine rings is 1. The maximum atomic E-state index is 12.4. The lowest BCUT2D eigenvalue weighted by molar-refractivity contribution is -0.130. The number of ether oxygens (including phenoxy) is 3. The van der Waals surface area contributed by atoms with Gasteiger partial charge < -0.3 is 29.7 Å². The van der Waals surface area contributed by atoms with Gasteiger partial charge in [0.2, 0.25) is 11.8 Å². The van der Waals surface area contributed by atoms with Crippen molar-refractivity contribution in [3.05, 3.63) is 105 Å². The van der Waals surface area contributed by atoms with Crippen LogP contribution in [0.1, 0.15) is 59.6 Å². The molecular formula is C40H39Cl2N5O5. The first-order valence-electron chi connectivity index (χ1n) is 17.5. The molecular weight excluding hydrogens is 701 g/mol. The first kappa shape index (κ1) is 35.6. The Balaban J connectivity index is 1.11. The number of piperidine rings is 1. The predicted molar refractivity (Wildman–Crippen MR) is 197 cm³/mol. The molecule has 3 atom stereocenters. The Morgan fingerprint density at radius 2 is 1.83 bits per heavy atom. The second kappa shape index (κ2) is 15.8. The molecule has 12 heteroatoms. The Morgan fingerprint density at radius 3 is 2.62 bits per heavy atom. The van der Waals surface area contributed by atoms with Crippen LogP contribution in [0.4, 0.5) is 0 Å². The number of hydrogen-bond acceptors (Lipinski definition) is 8. The van der Waals surface area contributed by atoms with Gasteiger partial charge in [-0.3, -0.25) is 14.6 Å². The number of halogens is 2. The minimum atomic E-state index is -0.254. The maximum absolute atomic E-state index is 12.4. The van der Waals surface area contributed by atoms with Crippen LogP contribution in [0.2, 0.25) is 10.0 Å². The number of carbonyl (C=O) groups is 2. The lowest BCUT2D eigenvalue weighted by Gasteiger charge is -2.24.